The molecule has 0 bridgehead atoms. The molecule has 0 aromatic heterocycles. The number of nitro benzene ring substituents is 1. The van der Waals surface area contributed by atoms with Crippen LogP contribution in [0, 0.1) is 16.0 Å². The standard InChI is InChI=1S/C13H16N2O4/c1-2-14(8-9-3-4-9)12-7-10(13(16)17)5-6-11(12)15(18)19/h5-7,9H,2-4,8H2,1H3,(H,16,17). The van der Waals surface area contributed by atoms with E-state index in [0.717, 1.165) is 19.4 Å². The lowest BCUT2D eigenvalue weighted by Crippen LogP contribution is -2.26. The third-order valence-electron chi connectivity index (χ3n) is 3.32. The van der Waals surface area contributed by atoms with Gasteiger partial charge in [-0.25, -0.2) is 4.79 Å². The van der Waals surface area contributed by atoms with Crippen molar-refractivity contribution in [1.29, 1.82) is 0 Å². The van der Waals surface area contributed by atoms with Crippen LogP contribution in [-0.4, -0.2) is 29.1 Å². The van der Waals surface area contributed by atoms with E-state index in [1.165, 1.54) is 18.2 Å². The van der Waals surface area contributed by atoms with Crippen molar-refractivity contribution >= 4 is 17.3 Å². The van der Waals surface area contributed by atoms with Gasteiger partial charge >= 0.3 is 5.97 Å². The van der Waals surface area contributed by atoms with E-state index in [1.807, 2.05) is 11.8 Å². The molecular formula is C13H16N2O4. The fourth-order valence-corrected chi connectivity index (χ4v) is 2.07. The largest absolute Gasteiger partial charge is 0.478 e. The first-order valence-corrected chi connectivity index (χ1v) is 6.29. The third-order valence-corrected chi connectivity index (χ3v) is 3.32. The maximum Gasteiger partial charge on any atom is 0.335 e. The van der Waals surface area contributed by atoms with E-state index >= 15 is 0 Å². The minimum Gasteiger partial charge on any atom is -0.478 e. The number of carboxylic acid groups (broad SMARTS) is 1. The molecule has 0 spiro atoms. The van der Waals surface area contributed by atoms with Gasteiger partial charge in [0, 0.05) is 19.2 Å². The fourth-order valence-electron chi connectivity index (χ4n) is 2.07. The Labute approximate surface area is 110 Å². The van der Waals surface area contributed by atoms with Crippen LogP contribution in [0.1, 0.15) is 30.1 Å². The second-order valence-corrected chi connectivity index (χ2v) is 4.75. The van der Waals surface area contributed by atoms with Gasteiger partial charge in [0.25, 0.3) is 5.69 Å². The highest BCUT2D eigenvalue weighted by atomic mass is 16.6. The Hall–Kier alpha value is -2.11. The van der Waals surface area contributed by atoms with Crippen molar-refractivity contribution in [3.8, 4) is 0 Å². The molecule has 2 rings (SSSR count). The van der Waals surface area contributed by atoms with Crippen LogP contribution in [0.25, 0.3) is 0 Å². The second-order valence-electron chi connectivity index (χ2n) is 4.75. The molecule has 6 nitrogen and oxygen atoms in total. The number of hydrogen-bond acceptors (Lipinski definition) is 4. The van der Waals surface area contributed by atoms with Gasteiger partial charge in [-0.05, 0) is 37.8 Å². The first-order chi connectivity index (χ1) is 9.02. The van der Waals surface area contributed by atoms with Crippen LogP contribution in [-0.2, 0) is 0 Å². The fraction of sp³-hybridized carbons (Fsp3) is 0.462. The molecule has 1 aromatic rings. The predicted octanol–water partition coefficient (Wildman–Crippen LogP) is 2.53. The van der Waals surface area contributed by atoms with Crippen molar-refractivity contribution in [1.82, 2.24) is 0 Å². The molecule has 0 amide bonds. The minimum absolute atomic E-state index is 0.0347. The first-order valence-electron chi connectivity index (χ1n) is 6.29. The van der Waals surface area contributed by atoms with E-state index in [1.54, 1.807) is 0 Å². The lowest BCUT2D eigenvalue weighted by molar-refractivity contribution is -0.384. The molecule has 6 heteroatoms. The Kier molecular flexibility index (Phi) is 3.69. The number of nitro groups is 1. The predicted molar refractivity (Wildman–Crippen MR) is 70.7 cm³/mol. The molecule has 1 N–H and O–H groups in total. The van der Waals surface area contributed by atoms with Gasteiger partial charge in [0.1, 0.15) is 5.69 Å². The van der Waals surface area contributed by atoms with E-state index in [4.69, 9.17) is 5.11 Å². The molecule has 1 saturated carbocycles. The van der Waals surface area contributed by atoms with E-state index < -0.39 is 10.9 Å². The maximum absolute atomic E-state index is 11.1. The zero-order valence-corrected chi connectivity index (χ0v) is 10.7. The van der Waals surface area contributed by atoms with Crippen molar-refractivity contribution in [2.75, 3.05) is 18.0 Å². The summed E-state index contributed by atoms with van der Waals surface area (Å²) < 4.78 is 0. The van der Waals surface area contributed by atoms with Gasteiger partial charge in [0.2, 0.25) is 0 Å². The highest BCUT2D eigenvalue weighted by Gasteiger charge is 2.27. The van der Waals surface area contributed by atoms with Gasteiger partial charge in [-0.3, -0.25) is 10.1 Å². The number of carboxylic acids is 1. The molecule has 0 unspecified atom stereocenters. The van der Waals surface area contributed by atoms with Crippen molar-refractivity contribution < 1.29 is 14.8 Å². The molecule has 102 valence electrons. The topological polar surface area (TPSA) is 83.7 Å². The summed E-state index contributed by atoms with van der Waals surface area (Å²) in [5.41, 5.74) is 0.446. The van der Waals surface area contributed by atoms with E-state index in [0.29, 0.717) is 18.2 Å². The van der Waals surface area contributed by atoms with Crippen LogP contribution in [0.2, 0.25) is 0 Å². The molecule has 19 heavy (non-hydrogen) atoms. The smallest absolute Gasteiger partial charge is 0.335 e. The SMILES string of the molecule is CCN(CC1CC1)c1cc(C(=O)O)ccc1[N+](=O)[O-]. The Bertz CT molecular complexity index is 511. The summed E-state index contributed by atoms with van der Waals surface area (Å²) in [6, 6.07) is 3.94. The van der Waals surface area contributed by atoms with E-state index in [2.05, 4.69) is 0 Å². The van der Waals surface area contributed by atoms with Gasteiger partial charge in [-0.1, -0.05) is 0 Å². The monoisotopic (exact) mass is 264 g/mol. The molecule has 0 radical (unpaired) electrons. The van der Waals surface area contributed by atoms with Gasteiger partial charge in [-0.15, -0.1) is 0 Å². The summed E-state index contributed by atoms with van der Waals surface area (Å²) in [5, 5.41) is 20.1. The number of benzene rings is 1. The van der Waals surface area contributed by atoms with Crippen LogP contribution < -0.4 is 4.90 Å². The number of hydrogen-bond donors (Lipinski definition) is 1. The summed E-state index contributed by atoms with van der Waals surface area (Å²) in [6.45, 7) is 3.29. The maximum atomic E-state index is 11.1. The molecule has 1 aliphatic rings. The lowest BCUT2D eigenvalue weighted by atomic mass is 10.1. The quantitative estimate of drug-likeness (QED) is 0.630. The summed E-state index contributed by atoms with van der Waals surface area (Å²) in [7, 11) is 0. The minimum atomic E-state index is -1.07. The Morgan fingerprint density at radius 3 is 2.68 bits per heavy atom. The molecule has 0 atom stereocenters. The van der Waals surface area contributed by atoms with Gasteiger partial charge in [-0.2, -0.15) is 0 Å². The highest BCUT2D eigenvalue weighted by molar-refractivity contribution is 5.90. The number of anilines is 1. The van der Waals surface area contributed by atoms with Crippen LogP contribution in [0.5, 0.6) is 0 Å². The average Bonchev–Trinajstić information content (AvgIpc) is 3.19. The molecule has 0 heterocycles. The zero-order valence-electron chi connectivity index (χ0n) is 10.7. The average molecular weight is 264 g/mol. The molecule has 1 aliphatic carbocycles. The number of nitrogens with zero attached hydrogens (tertiary/aromatic N) is 2. The van der Waals surface area contributed by atoms with Crippen LogP contribution in [0.4, 0.5) is 11.4 Å². The Morgan fingerprint density at radius 2 is 2.21 bits per heavy atom. The number of aromatic carboxylic acids is 1. The summed E-state index contributed by atoms with van der Waals surface area (Å²) in [5.74, 6) is -0.494. The summed E-state index contributed by atoms with van der Waals surface area (Å²) in [6.07, 6.45) is 2.28. The van der Waals surface area contributed by atoms with Gasteiger partial charge in [0.15, 0.2) is 0 Å². The highest BCUT2D eigenvalue weighted by Crippen LogP contribution is 2.35. The van der Waals surface area contributed by atoms with Crippen LogP contribution >= 0.6 is 0 Å². The number of rotatable bonds is 6. The van der Waals surface area contributed by atoms with Gasteiger partial charge < -0.3 is 10.0 Å². The molecule has 0 saturated heterocycles. The van der Waals surface area contributed by atoms with Crippen molar-refractivity contribution in [3.63, 3.8) is 0 Å². The third kappa shape index (κ3) is 3.01. The molecule has 0 aliphatic heterocycles. The van der Waals surface area contributed by atoms with E-state index in [-0.39, 0.29) is 11.3 Å². The zero-order chi connectivity index (χ0) is 14.0. The van der Waals surface area contributed by atoms with Crippen molar-refractivity contribution in [2.24, 2.45) is 5.92 Å². The van der Waals surface area contributed by atoms with Gasteiger partial charge in [0.05, 0.1) is 10.5 Å². The van der Waals surface area contributed by atoms with Crippen molar-refractivity contribution in [2.45, 2.75) is 19.8 Å². The van der Waals surface area contributed by atoms with Crippen LogP contribution in [0.15, 0.2) is 18.2 Å². The Balaban J connectivity index is 2.39. The normalized spacial score (nSPS) is 14.2. The summed E-state index contributed by atoms with van der Waals surface area (Å²) >= 11 is 0. The van der Waals surface area contributed by atoms with Crippen molar-refractivity contribution in [3.05, 3.63) is 33.9 Å². The van der Waals surface area contributed by atoms with E-state index in [9.17, 15) is 14.9 Å². The molecule has 1 aromatic carbocycles. The Morgan fingerprint density at radius 1 is 1.53 bits per heavy atom. The lowest BCUT2D eigenvalue weighted by Gasteiger charge is -2.23. The summed E-state index contributed by atoms with van der Waals surface area (Å²) in [4.78, 5) is 23.5. The molecular weight excluding hydrogens is 248 g/mol. The number of carbonyl (C=O) groups is 1. The second kappa shape index (κ2) is 5.26. The first kappa shape index (κ1) is 13.3. The van der Waals surface area contributed by atoms with Crippen LogP contribution in [0.3, 0.4) is 0 Å². The molecule has 1 fully saturated rings.